The summed E-state index contributed by atoms with van der Waals surface area (Å²) < 4.78 is 17.8. The maximum atomic E-state index is 12.8. The Balaban J connectivity index is 1.63. The van der Waals surface area contributed by atoms with Gasteiger partial charge in [0, 0.05) is 6.54 Å². The number of hydrogen-bond donors (Lipinski definition) is 2. The highest BCUT2D eigenvalue weighted by Crippen LogP contribution is 2.02. The lowest BCUT2D eigenvalue weighted by molar-refractivity contribution is -0.896. The van der Waals surface area contributed by atoms with Crippen molar-refractivity contribution in [3.05, 3.63) is 35.6 Å². The second kappa shape index (κ2) is 9.22. The van der Waals surface area contributed by atoms with Crippen LogP contribution in [-0.4, -0.2) is 62.8 Å². The quantitative estimate of drug-likeness (QED) is 0.758. The zero-order valence-electron chi connectivity index (χ0n) is 14.0. The number of benzene rings is 1. The number of nitrogens with zero attached hydrogens (tertiary/aromatic N) is 1. The average molecular weight is 338 g/mol. The Labute approximate surface area is 141 Å². The van der Waals surface area contributed by atoms with Gasteiger partial charge in [-0.1, -0.05) is 12.1 Å². The van der Waals surface area contributed by atoms with Gasteiger partial charge in [0.25, 0.3) is 5.91 Å². The Morgan fingerprint density at radius 3 is 2.54 bits per heavy atom. The third-order valence-electron chi connectivity index (χ3n) is 4.06. The molecule has 6 nitrogen and oxygen atoms in total. The molecular weight excluding hydrogens is 313 g/mol. The van der Waals surface area contributed by atoms with Crippen LogP contribution in [0.15, 0.2) is 24.3 Å². The first-order valence-electron chi connectivity index (χ1n) is 8.35. The van der Waals surface area contributed by atoms with Gasteiger partial charge in [-0.3, -0.25) is 9.69 Å². The highest BCUT2D eigenvalue weighted by molar-refractivity contribution is 5.76. The Kier molecular flexibility index (Phi) is 6.99. The lowest BCUT2D eigenvalue weighted by Crippen LogP contribution is -3.15. The Hall–Kier alpha value is -2.15. The number of halogens is 1. The molecule has 2 rings (SSSR count). The van der Waals surface area contributed by atoms with Crippen LogP contribution >= 0.6 is 0 Å². The molecule has 2 N–H and O–H groups in total. The van der Waals surface area contributed by atoms with Gasteiger partial charge in [0.1, 0.15) is 5.82 Å². The van der Waals surface area contributed by atoms with Crippen molar-refractivity contribution in [1.29, 1.82) is 0 Å². The molecule has 0 aliphatic carbocycles. The third-order valence-corrected chi connectivity index (χ3v) is 4.06. The minimum absolute atomic E-state index is 0.00306. The fraction of sp³-hybridized carbons (Fsp3) is 0.529. The molecule has 0 radical (unpaired) electrons. The number of hydrogen-bond acceptors (Lipinski definition) is 3. The number of piperazine rings is 1. The van der Waals surface area contributed by atoms with Gasteiger partial charge in [0.05, 0.1) is 32.8 Å². The molecule has 1 aliphatic rings. The van der Waals surface area contributed by atoms with E-state index < -0.39 is 0 Å². The molecule has 1 heterocycles. The van der Waals surface area contributed by atoms with E-state index in [-0.39, 0.29) is 17.8 Å². The van der Waals surface area contributed by atoms with Gasteiger partial charge in [-0.25, -0.2) is 9.18 Å². The van der Waals surface area contributed by atoms with Crippen molar-refractivity contribution in [2.24, 2.45) is 0 Å². The maximum Gasteiger partial charge on any atom is 0.410 e. The molecule has 1 saturated heterocycles. The molecular formula is C17H25FN3O3+. The first-order valence-corrected chi connectivity index (χ1v) is 8.35. The third kappa shape index (κ3) is 5.81. The first-order chi connectivity index (χ1) is 11.6. The molecule has 0 unspecified atom stereocenters. The number of quaternary nitrogens is 1. The molecule has 1 fully saturated rings. The normalized spacial score (nSPS) is 15.2. The minimum Gasteiger partial charge on any atom is -0.450 e. The lowest BCUT2D eigenvalue weighted by atomic mass is 10.1. The minimum atomic E-state index is -0.278. The van der Waals surface area contributed by atoms with E-state index in [9.17, 15) is 14.0 Å². The number of amides is 2. The molecule has 0 aromatic heterocycles. The van der Waals surface area contributed by atoms with Gasteiger partial charge in [-0.15, -0.1) is 0 Å². The predicted octanol–water partition coefficient (Wildman–Crippen LogP) is -0.159. The number of rotatable bonds is 6. The van der Waals surface area contributed by atoms with E-state index in [1.807, 2.05) is 0 Å². The van der Waals surface area contributed by atoms with Crippen LogP contribution in [0.2, 0.25) is 0 Å². The van der Waals surface area contributed by atoms with Gasteiger partial charge < -0.3 is 15.0 Å². The first kappa shape index (κ1) is 18.2. The van der Waals surface area contributed by atoms with E-state index in [1.54, 1.807) is 24.0 Å². The largest absolute Gasteiger partial charge is 0.450 e. The molecule has 1 aromatic rings. The average Bonchev–Trinajstić information content (AvgIpc) is 2.57. The Morgan fingerprint density at radius 1 is 1.25 bits per heavy atom. The van der Waals surface area contributed by atoms with Crippen LogP contribution in [0.5, 0.6) is 0 Å². The van der Waals surface area contributed by atoms with Gasteiger partial charge in [0.15, 0.2) is 6.54 Å². The van der Waals surface area contributed by atoms with Gasteiger partial charge in [-0.05, 0) is 31.0 Å². The van der Waals surface area contributed by atoms with Gasteiger partial charge >= 0.3 is 6.09 Å². The molecule has 24 heavy (non-hydrogen) atoms. The van der Waals surface area contributed by atoms with E-state index in [2.05, 4.69) is 5.32 Å². The second-order valence-electron chi connectivity index (χ2n) is 5.84. The fourth-order valence-corrected chi connectivity index (χ4v) is 2.68. The zero-order valence-corrected chi connectivity index (χ0v) is 14.0. The molecule has 7 heteroatoms. The van der Waals surface area contributed by atoms with E-state index in [1.165, 1.54) is 12.1 Å². The van der Waals surface area contributed by atoms with Crippen molar-refractivity contribution in [1.82, 2.24) is 10.2 Å². The summed E-state index contributed by atoms with van der Waals surface area (Å²) >= 11 is 0. The predicted molar refractivity (Wildman–Crippen MR) is 87.3 cm³/mol. The number of carbonyl (C=O) groups excluding carboxylic acids is 2. The van der Waals surface area contributed by atoms with Crippen LogP contribution in [0.3, 0.4) is 0 Å². The second-order valence-corrected chi connectivity index (χ2v) is 5.84. The van der Waals surface area contributed by atoms with Crippen LogP contribution in [0.1, 0.15) is 12.5 Å². The topological polar surface area (TPSA) is 63.1 Å². The molecule has 0 saturated carbocycles. The van der Waals surface area contributed by atoms with E-state index in [0.29, 0.717) is 39.2 Å². The number of ether oxygens (including phenoxy) is 1. The summed E-state index contributed by atoms with van der Waals surface area (Å²) in [5, 5.41) is 2.89. The monoisotopic (exact) mass is 338 g/mol. The molecule has 1 aromatic carbocycles. The van der Waals surface area contributed by atoms with Crippen LogP contribution in [0, 0.1) is 5.82 Å². The summed E-state index contributed by atoms with van der Waals surface area (Å²) in [4.78, 5) is 26.4. The van der Waals surface area contributed by atoms with Crippen LogP contribution in [0.4, 0.5) is 9.18 Å². The summed E-state index contributed by atoms with van der Waals surface area (Å²) in [6.45, 7) is 5.80. The smallest absolute Gasteiger partial charge is 0.410 e. The van der Waals surface area contributed by atoms with Crippen LogP contribution in [0.25, 0.3) is 0 Å². The molecule has 0 atom stereocenters. The van der Waals surface area contributed by atoms with Gasteiger partial charge in [0.2, 0.25) is 0 Å². The summed E-state index contributed by atoms with van der Waals surface area (Å²) in [5.74, 6) is -0.259. The molecule has 0 bridgehead atoms. The summed E-state index contributed by atoms with van der Waals surface area (Å²) in [6, 6.07) is 6.29. The van der Waals surface area contributed by atoms with Crippen molar-refractivity contribution in [2.75, 3.05) is 45.9 Å². The zero-order chi connectivity index (χ0) is 17.4. The van der Waals surface area contributed by atoms with E-state index in [4.69, 9.17) is 4.74 Å². The van der Waals surface area contributed by atoms with E-state index >= 15 is 0 Å². The highest BCUT2D eigenvalue weighted by Gasteiger charge is 2.25. The highest BCUT2D eigenvalue weighted by atomic mass is 19.1. The summed E-state index contributed by atoms with van der Waals surface area (Å²) in [6.07, 6.45) is 0.401. The van der Waals surface area contributed by atoms with E-state index in [0.717, 1.165) is 23.6 Å². The Morgan fingerprint density at radius 2 is 1.92 bits per heavy atom. The van der Waals surface area contributed by atoms with Crippen molar-refractivity contribution in [2.45, 2.75) is 13.3 Å². The van der Waals surface area contributed by atoms with Crippen LogP contribution < -0.4 is 10.2 Å². The lowest BCUT2D eigenvalue weighted by Gasteiger charge is -2.31. The Bertz CT molecular complexity index is 543. The fourth-order valence-electron chi connectivity index (χ4n) is 2.68. The standard InChI is InChI=1S/C17H24FN3O3/c1-2-24-17(23)21-11-9-20(10-12-21)13-16(22)19-8-7-14-3-5-15(18)6-4-14/h3-6H,2,7-13H2,1H3,(H,19,22)/p+1. The number of carbonyl (C=O) groups is 2. The summed E-state index contributed by atoms with van der Waals surface area (Å²) in [7, 11) is 0. The van der Waals surface area contributed by atoms with Crippen molar-refractivity contribution >= 4 is 12.0 Å². The SMILES string of the molecule is CCOC(=O)N1CC[NH+](CC(=O)NCCc2ccc(F)cc2)CC1. The van der Waals surface area contributed by atoms with Crippen LogP contribution in [-0.2, 0) is 16.0 Å². The molecule has 1 aliphatic heterocycles. The maximum absolute atomic E-state index is 12.8. The molecule has 0 spiro atoms. The van der Waals surface area contributed by atoms with Crippen molar-refractivity contribution in [3.8, 4) is 0 Å². The molecule has 2 amide bonds. The number of nitrogens with one attached hydrogen (secondary N) is 2. The van der Waals surface area contributed by atoms with Crippen molar-refractivity contribution in [3.63, 3.8) is 0 Å². The summed E-state index contributed by atoms with van der Waals surface area (Å²) in [5.41, 5.74) is 0.993. The molecule has 132 valence electrons. The van der Waals surface area contributed by atoms with Crippen molar-refractivity contribution < 1.29 is 23.6 Å². The van der Waals surface area contributed by atoms with Gasteiger partial charge in [-0.2, -0.15) is 0 Å².